The van der Waals surface area contributed by atoms with Gasteiger partial charge in [0.15, 0.2) is 0 Å². The number of aliphatic hydroxyl groups excluding tert-OH is 1. The van der Waals surface area contributed by atoms with Crippen LogP contribution in [0.3, 0.4) is 0 Å². The van der Waals surface area contributed by atoms with Gasteiger partial charge in [-0.1, -0.05) is 36.4 Å². The number of rotatable bonds is 6. The van der Waals surface area contributed by atoms with Crippen molar-refractivity contribution < 1.29 is 9.52 Å². The lowest BCUT2D eigenvalue weighted by Crippen LogP contribution is -2.17. The first kappa shape index (κ1) is 13.9. The first-order valence-corrected chi connectivity index (χ1v) is 7.22. The highest BCUT2D eigenvalue weighted by atomic mass is 16.3. The number of benzene rings is 2. The zero-order chi connectivity index (χ0) is 14.5. The molecule has 2 aromatic carbocycles. The Morgan fingerprint density at radius 2 is 1.81 bits per heavy atom. The molecule has 0 saturated heterocycles. The van der Waals surface area contributed by atoms with E-state index in [2.05, 4.69) is 35.6 Å². The minimum absolute atomic E-state index is 0.162. The third-order valence-electron chi connectivity index (χ3n) is 3.47. The van der Waals surface area contributed by atoms with Crippen molar-refractivity contribution in [3.05, 3.63) is 71.5 Å². The van der Waals surface area contributed by atoms with E-state index in [9.17, 15) is 0 Å². The Morgan fingerprint density at radius 3 is 2.62 bits per heavy atom. The number of hydrogen-bond acceptors (Lipinski definition) is 3. The first-order valence-electron chi connectivity index (χ1n) is 7.22. The molecule has 0 fully saturated rings. The molecular weight excluding hydrogens is 262 g/mol. The van der Waals surface area contributed by atoms with Crippen LogP contribution in [0.25, 0.3) is 11.0 Å². The Morgan fingerprint density at radius 1 is 0.952 bits per heavy atom. The van der Waals surface area contributed by atoms with Crippen LogP contribution in [-0.2, 0) is 13.0 Å². The molecule has 0 aliphatic heterocycles. The van der Waals surface area contributed by atoms with E-state index in [1.54, 1.807) is 0 Å². The quantitative estimate of drug-likeness (QED) is 0.682. The normalized spacial score (nSPS) is 11.1. The van der Waals surface area contributed by atoms with Crippen LogP contribution in [-0.4, -0.2) is 18.3 Å². The topological polar surface area (TPSA) is 45.4 Å². The highest BCUT2D eigenvalue weighted by molar-refractivity contribution is 5.78. The summed E-state index contributed by atoms with van der Waals surface area (Å²) in [7, 11) is 0. The van der Waals surface area contributed by atoms with Crippen LogP contribution in [0.2, 0.25) is 0 Å². The molecule has 0 amide bonds. The molecule has 0 unspecified atom stereocenters. The van der Waals surface area contributed by atoms with Gasteiger partial charge in [-0.3, -0.25) is 0 Å². The summed E-state index contributed by atoms with van der Waals surface area (Å²) < 4.78 is 5.89. The molecule has 3 heteroatoms. The molecule has 2 N–H and O–H groups in total. The minimum atomic E-state index is 0.162. The molecule has 3 aromatic rings. The molecule has 3 nitrogen and oxygen atoms in total. The molecular formula is C18H19NO2. The standard InChI is InChI=1S/C18H19NO2/c20-9-8-19-13-15-6-7-18-16(10-15)12-17(21-18)11-14-4-2-1-3-5-14/h1-7,10,12,19-20H,8-9,11,13H2. The summed E-state index contributed by atoms with van der Waals surface area (Å²) in [6.45, 7) is 1.54. The Balaban J connectivity index is 1.76. The van der Waals surface area contributed by atoms with Crippen LogP contribution in [0.4, 0.5) is 0 Å². The van der Waals surface area contributed by atoms with Gasteiger partial charge in [-0.05, 0) is 29.3 Å². The summed E-state index contributed by atoms with van der Waals surface area (Å²) in [6.07, 6.45) is 0.813. The molecule has 0 aliphatic rings. The van der Waals surface area contributed by atoms with Crippen molar-refractivity contribution >= 4 is 11.0 Å². The van der Waals surface area contributed by atoms with Crippen LogP contribution >= 0.6 is 0 Å². The van der Waals surface area contributed by atoms with Crippen LogP contribution in [0.1, 0.15) is 16.9 Å². The maximum absolute atomic E-state index is 8.78. The Labute approximate surface area is 124 Å². The maximum atomic E-state index is 8.78. The van der Waals surface area contributed by atoms with E-state index in [0.717, 1.165) is 29.7 Å². The number of furan rings is 1. The molecule has 0 aliphatic carbocycles. The third-order valence-corrected chi connectivity index (χ3v) is 3.47. The number of fused-ring (bicyclic) bond motifs is 1. The van der Waals surface area contributed by atoms with Crippen molar-refractivity contribution in [2.75, 3.05) is 13.2 Å². The van der Waals surface area contributed by atoms with E-state index in [-0.39, 0.29) is 6.61 Å². The Hall–Kier alpha value is -2.10. The fourth-order valence-electron chi connectivity index (χ4n) is 2.45. The van der Waals surface area contributed by atoms with E-state index in [4.69, 9.17) is 9.52 Å². The van der Waals surface area contributed by atoms with Crippen molar-refractivity contribution in [3.8, 4) is 0 Å². The lowest BCUT2D eigenvalue weighted by atomic mass is 10.1. The van der Waals surface area contributed by atoms with Gasteiger partial charge in [0.25, 0.3) is 0 Å². The van der Waals surface area contributed by atoms with Crippen LogP contribution in [0, 0.1) is 0 Å². The highest BCUT2D eigenvalue weighted by Crippen LogP contribution is 2.22. The summed E-state index contributed by atoms with van der Waals surface area (Å²) in [4.78, 5) is 0. The summed E-state index contributed by atoms with van der Waals surface area (Å²) in [5, 5.41) is 13.1. The van der Waals surface area contributed by atoms with Crippen LogP contribution in [0.5, 0.6) is 0 Å². The lowest BCUT2D eigenvalue weighted by Gasteiger charge is -2.02. The smallest absolute Gasteiger partial charge is 0.134 e. The molecule has 0 saturated carbocycles. The lowest BCUT2D eigenvalue weighted by molar-refractivity contribution is 0.292. The van der Waals surface area contributed by atoms with Gasteiger partial charge in [0.05, 0.1) is 6.61 Å². The van der Waals surface area contributed by atoms with Gasteiger partial charge in [-0.2, -0.15) is 0 Å². The number of nitrogens with one attached hydrogen (secondary N) is 1. The zero-order valence-electron chi connectivity index (χ0n) is 11.9. The van der Waals surface area contributed by atoms with E-state index < -0.39 is 0 Å². The van der Waals surface area contributed by atoms with Gasteiger partial charge in [0.1, 0.15) is 11.3 Å². The van der Waals surface area contributed by atoms with E-state index in [1.807, 2.05) is 24.3 Å². The highest BCUT2D eigenvalue weighted by Gasteiger charge is 2.05. The second-order valence-corrected chi connectivity index (χ2v) is 5.15. The third kappa shape index (κ3) is 3.51. The molecule has 3 rings (SSSR count). The fraction of sp³-hybridized carbons (Fsp3) is 0.222. The van der Waals surface area contributed by atoms with E-state index in [0.29, 0.717) is 6.54 Å². The number of aliphatic hydroxyl groups is 1. The van der Waals surface area contributed by atoms with Crippen molar-refractivity contribution in [1.82, 2.24) is 5.32 Å². The minimum Gasteiger partial charge on any atom is -0.461 e. The van der Waals surface area contributed by atoms with Gasteiger partial charge in [-0.15, -0.1) is 0 Å². The zero-order valence-corrected chi connectivity index (χ0v) is 11.9. The SMILES string of the molecule is OCCNCc1ccc2oc(Cc3ccccc3)cc2c1. The fourth-order valence-corrected chi connectivity index (χ4v) is 2.45. The summed E-state index contributed by atoms with van der Waals surface area (Å²) >= 11 is 0. The molecule has 0 bridgehead atoms. The molecule has 1 aromatic heterocycles. The average Bonchev–Trinajstić information content (AvgIpc) is 2.90. The molecule has 0 atom stereocenters. The number of hydrogen-bond donors (Lipinski definition) is 2. The van der Waals surface area contributed by atoms with E-state index >= 15 is 0 Å². The van der Waals surface area contributed by atoms with Gasteiger partial charge in [0, 0.05) is 24.9 Å². The van der Waals surface area contributed by atoms with Crippen LogP contribution in [0.15, 0.2) is 59.0 Å². The summed E-state index contributed by atoms with van der Waals surface area (Å²) in [6, 6.07) is 18.6. The van der Waals surface area contributed by atoms with E-state index in [1.165, 1.54) is 11.1 Å². The molecule has 21 heavy (non-hydrogen) atoms. The molecule has 0 radical (unpaired) electrons. The predicted molar refractivity (Wildman–Crippen MR) is 84.3 cm³/mol. The second kappa shape index (κ2) is 6.57. The summed E-state index contributed by atoms with van der Waals surface area (Å²) in [5.74, 6) is 0.983. The van der Waals surface area contributed by atoms with Gasteiger partial charge >= 0.3 is 0 Å². The summed E-state index contributed by atoms with van der Waals surface area (Å²) in [5.41, 5.74) is 3.37. The average molecular weight is 281 g/mol. The van der Waals surface area contributed by atoms with Crippen molar-refractivity contribution in [2.24, 2.45) is 0 Å². The predicted octanol–water partition coefficient (Wildman–Crippen LogP) is 3.11. The second-order valence-electron chi connectivity index (χ2n) is 5.15. The first-order chi connectivity index (χ1) is 10.3. The van der Waals surface area contributed by atoms with Gasteiger partial charge < -0.3 is 14.8 Å². The van der Waals surface area contributed by atoms with Gasteiger partial charge in [0.2, 0.25) is 0 Å². The monoisotopic (exact) mass is 281 g/mol. The van der Waals surface area contributed by atoms with Crippen molar-refractivity contribution in [1.29, 1.82) is 0 Å². The molecule has 0 spiro atoms. The Kier molecular flexibility index (Phi) is 4.34. The molecule has 1 heterocycles. The van der Waals surface area contributed by atoms with Crippen molar-refractivity contribution in [2.45, 2.75) is 13.0 Å². The maximum Gasteiger partial charge on any atom is 0.134 e. The van der Waals surface area contributed by atoms with Crippen LogP contribution < -0.4 is 5.32 Å². The van der Waals surface area contributed by atoms with Crippen molar-refractivity contribution in [3.63, 3.8) is 0 Å². The Bertz CT molecular complexity index is 704. The molecule has 108 valence electrons. The largest absolute Gasteiger partial charge is 0.461 e. The van der Waals surface area contributed by atoms with Gasteiger partial charge in [-0.25, -0.2) is 0 Å².